The SMILES string of the molecule is C=CCN(Cc1cc(Br)ccc1F)CC1CCCNC1.Cl. The third kappa shape index (κ3) is 6.07. The monoisotopic (exact) mass is 376 g/mol. The van der Waals surface area contributed by atoms with Gasteiger partial charge in [-0.25, -0.2) is 4.39 Å². The lowest BCUT2D eigenvalue weighted by Crippen LogP contribution is -2.38. The number of rotatable bonds is 6. The highest BCUT2D eigenvalue weighted by Gasteiger charge is 2.17. The summed E-state index contributed by atoms with van der Waals surface area (Å²) in [6.45, 7) is 8.42. The summed E-state index contributed by atoms with van der Waals surface area (Å²) >= 11 is 3.41. The van der Waals surface area contributed by atoms with Crippen LogP contribution in [0.1, 0.15) is 18.4 Å². The topological polar surface area (TPSA) is 15.3 Å². The first kappa shape index (κ1) is 18.6. The average Bonchev–Trinajstić information content (AvgIpc) is 2.44. The van der Waals surface area contributed by atoms with Gasteiger partial charge in [0.2, 0.25) is 0 Å². The summed E-state index contributed by atoms with van der Waals surface area (Å²) in [6, 6.07) is 5.12. The second kappa shape index (κ2) is 9.57. The molecule has 0 aromatic heterocycles. The third-order valence-corrected chi connectivity index (χ3v) is 4.20. The van der Waals surface area contributed by atoms with E-state index in [0.717, 1.165) is 36.2 Å². The molecule has 1 N–H and O–H groups in total. The molecule has 1 aromatic rings. The number of nitrogens with zero attached hydrogens (tertiary/aromatic N) is 1. The number of halogens is 3. The van der Waals surface area contributed by atoms with Crippen molar-refractivity contribution in [2.45, 2.75) is 19.4 Å². The molecular formula is C16H23BrClFN2. The molecule has 118 valence electrons. The van der Waals surface area contributed by atoms with E-state index in [1.54, 1.807) is 6.07 Å². The van der Waals surface area contributed by atoms with Crippen LogP contribution in [-0.4, -0.2) is 31.1 Å². The van der Waals surface area contributed by atoms with E-state index in [1.807, 2.05) is 12.1 Å². The molecule has 2 rings (SSSR count). The maximum Gasteiger partial charge on any atom is 0.127 e. The Balaban J connectivity index is 0.00000220. The molecule has 0 saturated carbocycles. The van der Waals surface area contributed by atoms with Gasteiger partial charge in [0.05, 0.1) is 0 Å². The molecule has 0 spiro atoms. The zero-order chi connectivity index (χ0) is 14.4. The van der Waals surface area contributed by atoms with Gasteiger partial charge in [-0.05, 0) is 50.0 Å². The Morgan fingerprint density at radius 3 is 2.95 bits per heavy atom. The highest BCUT2D eigenvalue weighted by Crippen LogP contribution is 2.19. The summed E-state index contributed by atoms with van der Waals surface area (Å²) in [5, 5.41) is 3.43. The summed E-state index contributed by atoms with van der Waals surface area (Å²) < 4.78 is 14.8. The molecule has 0 aliphatic carbocycles. The van der Waals surface area contributed by atoms with Gasteiger partial charge in [-0.2, -0.15) is 0 Å². The number of piperidine rings is 1. The molecule has 1 unspecified atom stereocenters. The van der Waals surface area contributed by atoms with E-state index >= 15 is 0 Å². The molecule has 1 fully saturated rings. The number of nitrogens with one attached hydrogen (secondary N) is 1. The maximum atomic E-state index is 13.9. The molecule has 5 heteroatoms. The quantitative estimate of drug-likeness (QED) is 0.754. The van der Waals surface area contributed by atoms with E-state index in [1.165, 1.54) is 18.9 Å². The molecule has 21 heavy (non-hydrogen) atoms. The Kier molecular flexibility index (Phi) is 8.49. The lowest BCUT2D eigenvalue weighted by molar-refractivity contribution is 0.216. The molecule has 0 amide bonds. The summed E-state index contributed by atoms with van der Waals surface area (Å²) in [5.74, 6) is 0.517. The van der Waals surface area contributed by atoms with Gasteiger partial charge in [0, 0.05) is 29.7 Å². The van der Waals surface area contributed by atoms with Crippen molar-refractivity contribution in [3.05, 3.63) is 46.7 Å². The average molecular weight is 378 g/mol. The summed E-state index contributed by atoms with van der Waals surface area (Å²) in [4.78, 5) is 2.27. The minimum atomic E-state index is -0.135. The molecule has 2 nitrogen and oxygen atoms in total. The second-order valence-electron chi connectivity index (χ2n) is 5.43. The first-order chi connectivity index (χ1) is 9.69. The Labute approximate surface area is 141 Å². The summed E-state index contributed by atoms with van der Waals surface area (Å²) in [7, 11) is 0. The Morgan fingerprint density at radius 2 is 2.29 bits per heavy atom. The van der Waals surface area contributed by atoms with Gasteiger partial charge in [0.25, 0.3) is 0 Å². The fourth-order valence-electron chi connectivity index (χ4n) is 2.74. The van der Waals surface area contributed by atoms with Gasteiger partial charge >= 0.3 is 0 Å². The molecule has 1 aliphatic heterocycles. The van der Waals surface area contributed by atoms with Gasteiger partial charge in [0.1, 0.15) is 5.82 Å². The number of benzene rings is 1. The van der Waals surface area contributed by atoms with Crippen LogP contribution in [0.25, 0.3) is 0 Å². The predicted molar refractivity (Wildman–Crippen MR) is 92.4 cm³/mol. The number of hydrogen-bond acceptors (Lipinski definition) is 2. The zero-order valence-corrected chi connectivity index (χ0v) is 14.6. The van der Waals surface area contributed by atoms with Crippen molar-refractivity contribution in [2.75, 3.05) is 26.2 Å². The molecule has 1 aromatic carbocycles. The normalized spacial score (nSPS) is 18.3. The van der Waals surface area contributed by atoms with Crippen molar-refractivity contribution >= 4 is 28.3 Å². The highest BCUT2D eigenvalue weighted by molar-refractivity contribution is 9.10. The van der Waals surface area contributed by atoms with Crippen molar-refractivity contribution in [2.24, 2.45) is 5.92 Å². The second-order valence-corrected chi connectivity index (χ2v) is 6.35. The van der Waals surface area contributed by atoms with Gasteiger partial charge < -0.3 is 5.32 Å². The van der Waals surface area contributed by atoms with E-state index in [2.05, 4.69) is 32.7 Å². The molecule has 1 saturated heterocycles. The molecule has 0 bridgehead atoms. The van der Waals surface area contributed by atoms with Crippen LogP contribution >= 0.6 is 28.3 Å². The fraction of sp³-hybridized carbons (Fsp3) is 0.500. The van der Waals surface area contributed by atoms with Gasteiger partial charge in [-0.1, -0.05) is 22.0 Å². The molecule has 1 atom stereocenters. The summed E-state index contributed by atoms with van der Waals surface area (Å²) in [6.07, 6.45) is 4.38. The minimum Gasteiger partial charge on any atom is -0.316 e. The van der Waals surface area contributed by atoms with Crippen molar-refractivity contribution in [1.29, 1.82) is 0 Å². The van der Waals surface area contributed by atoms with Crippen LogP contribution in [0.2, 0.25) is 0 Å². The van der Waals surface area contributed by atoms with Crippen molar-refractivity contribution in [1.82, 2.24) is 10.2 Å². The van der Waals surface area contributed by atoms with E-state index in [0.29, 0.717) is 12.5 Å². The first-order valence-corrected chi connectivity index (χ1v) is 7.96. The van der Waals surface area contributed by atoms with Crippen LogP contribution < -0.4 is 5.32 Å². The molecular weight excluding hydrogens is 355 g/mol. The molecule has 1 aliphatic rings. The van der Waals surface area contributed by atoms with E-state index in [4.69, 9.17) is 0 Å². The lowest BCUT2D eigenvalue weighted by atomic mass is 9.99. The minimum absolute atomic E-state index is 0. The zero-order valence-electron chi connectivity index (χ0n) is 12.2. The standard InChI is InChI=1S/C16H22BrFN2.ClH/c1-2-8-20(11-13-4-3-7-19-10-13)12-14-9-15(17)5-6-16(14)18;/h2,5-6,9,13,19H,1,3-4,7-8,10-12H2;1H. The third-order valence-electron chi connectivity index (χ3n) is 3.70. The van der Waals surface area contributed by atoms with Crippen LogP contribution in [0.5, 0.6) is 0 Å². The maximum absolute atomic E-state index is 13.9. The van der Waals surface area contributed by atoms with E-state index in [9.17, 15) is 4.39 Å². The van der Waals surface area contributed by atoms with Crippen molar-refractivity contribution < 1.29 is 4.39 Å². The Morgan fingerprint density at radius 1 is 1.48 bits per heavy atom. The predicted octanol–water partition coefficient (Wildman–Crippen LogP) is 4.00. The highest BCUT2D eigenvalue weighted by atomic mass is 79.9. The molecule has 0 radical (unpaired) electrons. The van der Waals surface area contributed by atoms with Gasteiger partial charge in [-0.15, -0.1) is 19.0 Å². The van der Waals surface area contributed by atoms with Gasteiger partial charge in [-0.3, -0.25) is 4.90 Å². The Hall–Kier alpha value is -0.420. The van der Waals surface area contributed by atoms with Crippen molar-refractivity contribution in [3.8, 4) is 0 Å². The Bertz CT molecular complexity index is 450. The number of hydrogen-bond donors (Lipinski definition) is 1. The van der Waals surface area contributed by atoms with Gasteiger partial charge in [0.15, 0.2) is 0 Å². The van der Waals surface area contributed by atoms with Crippen LogP contribution in [-0.2, 0) is 6.54 Å². The van der Waals surface area contributed by atoms with E-state index in [-0.39, 0.29) is 18.2 Å². The fourth-order valence-corrected chi connectivity index (χ4v) is 3.15. The van der Waals surface area contributed by atoms with Crippen LogP contribution in [0, 0.1) is 11.7 Å². The van der Waals surface area contributed by atoms with Crippen LogP contribution in [0.15, 0.2) is 35.3 Å². The smallest absolute Gasteiger partial charge is 0.127 e. The van der Waals surface area contributed by atoms with Crippen LogP contribution in [0.4, 0.5) is 4.39 Å². The molecule has 1 heterocycles. The largest absolute Gasteiger partial charge is 0.316 e. The summed E-state index contributed by atoms with van der Waals surface area (Å²) in [5.41, 5.74) is 0.741. The van der Waals surface area contributed by atoms with Crippen molar-refractivity contribution in [3.63, 3.8) is 0 Å². The first-order valence-electron chi connectivity index (χ1n) is 7.17. The van der Waals surface area contributed by atoms with Crippen LogP contribution in [0.3, 0.4) is 0 Å². The van der Waals surface area contributed by atoms with E-state index < -0.39 is 0 Å². The lowest BCUT2D eigenvalue weighted by Gasteiger charge is -2.29.